The second kappa shape index (κ2) is 13.3. The van der Waals surface area contributed by atoms with Crippen molar-refractivity contribution in [1.29, 1.82) is 0 Å². The van der Waals surface area contributed by atoms with E-state index in [2.05, 4.69) is 13.8 Å². The maximum absolute atomic E-state index is 12.5. The van der Waals surface area contributed by atoms with Gasteiger partial charge >= 0.3 is 5.97 Å². The van der Waals surface area contributed by atoms with E-state index in [4.69, 9.17) is 23.7 Å². The predicted octanol–water partition coefficient (Wildman–Crippen LogP) is -0.747. The Balaban J connectivity index is 0.982. The molecule has 0 unspecified atom stereocenters. The normalized spacial score (nSPS) is 54.4. The number of hydrogen-bond donors (Lipinski definition) is 8. The zero-order valence-electron chi connectivity index (χ0n) is 28.3. The minimum atomic E-state index is -1.65. The van der Waals surface area contributed by atoms with Crippen molar-refractivity contribution in [2.24, 2.45) is 34.5 Å². The van der Waals surface area contributed by atoms with Crippen LogP contribution in [0.25, 0.3) is 0 Å². The smallest absolute Gasteiger partial charge is 0.331 e. The highest BCUT2D eigenvalue weighted by Crippen LogP contribution is 2.70. The van der Waals surface area contributed by atoms with E-state index in [1.807, 2.05) is 0 Å². The molecule has 4 saturated carbocycles. The molecule has 0 spiro atoms. The monoisotopic (exact) mass is 698 g/mol. The number of hydrogen-bond acceptors (Lipinski definition) is 14. The maximum Gasteiger partial charge on any atom is 0.331 e. The lowest BCUT2D eigenvalue weighted by molar-refractivity contribution is -0.338. The van der Waals surface area contributed by atoms with Crippen LogP contribution in [0.2, 0.25) is 0 Å². The quantitative estimate of drug-likeness (QED) is 0.121. The van der Waals surface area contributed by atoms with Crippen LogP contribution < -0.4 is 0 Å². The molecule has 18 atom stereocenters. The fourth-order valence-corrected chi connectivity index (χ4v) is 11.2. The standard InChI is InChI=1S/C35H54O14/c1-33-8-5-18(47-32-30(43)28(41)26(39)23(49-32)15-46-31-29(42)27(40)25(38)22(13-36)48-31)12-17(33)3-4-21-20(33)6-9-34(2)19(7-10-35(21,34)44)16-11-24(37)45-14-16/h11,17-23,25-32,36,38-44H,3-10,12-15H2,1-2H3/t17-,18+,19+,20-,21-,22+,23-,25-,26-,27+,28+,29-,30-,31+,32-,33-,34-,35-/m0/s1. The molecule has 0 aromatic rings. The van der Waals surface area contributed by atoms with E-state index in [9.17, 15) is 45.6 Å². The molecule has 7 aliphatic rings. The molecular formula is C35H54O14. The Labute approximate surface area is 285 Å². The molecule has 0 amide bonds. The Morgan fingerprint density at radius 1 is 0.796 bits per heavy atom. The number of aliphatic hydroxyl groups excluding tert-OH is 7. The highest BCUT2D eigenvalue weighted by Gasteiger charge is 2.68. The number of ether oxygens (including phenoxy) is 5. The summed E-state index contributed by atoms with van der Waals surface area (Å²) in [6.07, 6.45) is -5.68. The Morgan fingerprint density at radius 2 is 1.49 bits per heavy atom. The summed E-state index contributed by atoms with van der Waals surface area (Å²) in [4.78, 5) is 11.9. The first-order valence-electron chi connectivity index (χ1n) is 18.1. The number of fused-ring (bicyclic) bond motifs is 5. The van der Waals surface area contributed by atoms with Crippen LogP contribution in [-0.2, 0) is 28.5 Å². The largest absolute Gasteiger partial charge is 0.458 e. The molecule has 2 saturated heterocycles. The Hall–Kier alpha value is -1.27. The van der Waals surface area contributed by atoms with Gasteiger partial charge in [0.15, 0.2) is 12.6 Å². The molecule has 3 heterocycles. The summed E-state index contributed by atoms with van der Waals surface area (Å²) in [7, 11) is 0. The van der Waals surface area contributed by atoms with E-state index in [-0.39, 0.29) is 34.7 Å². The Morgan fingerprint density at radius 3 is 2.18 bits per heavy atom. The summed E-state index contributed by atoms with van der Waals surface area (Å²) in [5.74, 6) is 0.683. The van der Waals surface area contributed by atoms with E-state index in [0.29, 0.717) is 24.9 Å². The zero-order chi connectivity index (χ0) is 35.0. The van der Waals surface area contributed by atoms with Gasteiger partial charge in [0.25, 0.3) is 0 Å². The predicted molar refractivity (Wildman–Crippen MR) is 167 cm³/mol. The van der Waals surface area contributed by atoms with Crippen LogP contribution in [0.15, 0.2) is 11.6 Å². The summed E-state index contributed by atoms with van der Waals surface area (Å²) in [6.45, 7) is 3.85. The first-order chi connectivity index (χ1) is 23.2. The number of aliphatic hydroxyl groups is 8. The molecule has 49 heavy (non-hydrogen) atoms. The van der Waals surface area contributed by atoms with E-state index < -0.39 is 80.2 Å². The lowest BCUT2D eigenvalue weighted by Crippen LogP contribution is -2.63. The molecule has 0 aromatic heterocycles. The van der Waals surface area contributed by atoms with E-state index >= 15 is 0 Å². The van der Waals surface area contributed by atoms with E-state index in [1.54, 1.807) is 6.08 Å². The summed E-state index contributed by atoms with van der Waals surface area (Å²) >= 11 is 0. The van der Waals surface area contributed by atoms with Gasteiger partial charge in [0.05, 0.1) is 24.9 Å². The number of cyclic esters (lactones) is 1. The molecule has 0 radical (unpaired) electrons. The third kappa shape index (κ3) is 5.82. The van der Waals surface area contributed by atoms with Crippen LogP contribution in [0.3, 0.4) is 0 Å². The molecule has 3 aliphatic heterocycles. The topological polar surface area (TPSA) is 225 Å². The minimum Gasteiger partial charge on any atom is -0.458 e. The molecule has 6 fully saturated rings. The van der Waals surface area contributed by atoms with Crippen molar-refractivity contribution < 1.29 is 69.3 Å². The van der Waals surface area contributed by atoms with Gasteiger partial charge in [-0.05, 0) is 92.4 Å². The third-order valence-corrected chi connectivity index (χ3v) is 14.2. The molecular weight excluding hydrogens is 644 g/mol. The lowest BCUT2D eigenvalue weighted by Gasteiger charge is -2.64. The van der Waals surface area contributed by atoms with Crippen molar-refractivity contribution in [3.63, 3.8) is 0 Å². The van der Waals surface area contributed by atoms with Crippen LogP contribution >= 0.6 is 0 Å². The van der Waals surface area contributed by atoms with Gasteiger partial charge in [-0.25, -0.2) is 4.79 Å². The summed E-state index contributed by atoms with van der Waals surface area (Å²) < 4.78 is 28.4. The summed E-state index contributed by atoms with van der Waals surface area (Å²) in [5.41, 5.74) is -0.0991. The lowest BCUT2D eigenvalue weighted by atomic mass is 9.43. The van der Waals surface area contributed by atoms with Gasteiger partial charge in [0, 0.05) is 11.5 Å². The van der Waals surface area contributed by atoms with Crippen molar-refractivity contribution in [3.8, 4) is 0 Å². The van der Waals surface area contributed by atoms with Crippen molar-refractivity contribution in [3.05, 3.63) is 11.6 Å². The first kappa shape index (κ1) is 36.1. The average Bonchev–Trinajstić information content (AvgIpc) is 3.63. The van der Waals surface area contributed by atoms with E-state index in [1.165, 1.54) is 0 Å². The van der Waals surface area contributed by atoms with Crippen molar-refractivity contribution >= 4 is 5.97 Å². The van der Waals surface area contributed by atoms with Gasteiger partial charge < -0.3 is 64.5 Å². The second-order valence-electron chi connectivity index (χ2n) is 16.4. The minimum absolute atomic E-state index is 0.00679. The van der Waals surface area contributed by atoms with Gasteiger partial charge in [0.2, 0.25) is 0 Å². The van der Waals surface area contributed by atoms with Crippen molar-refractivity contribution in [1.82, 2.24) is 0 Å². The average molecular weight is 699 g/mol. The maximum atomic E-state index is 12.5. The zero-order valence-corrected chi connectivity index (χ0v) is 28.3. The van der Waals surface area contributed by atoms with Gasteiger partial charge in [-0.15, -0.1) is 0 Å². The summed E-state index contributed by atoms with van der Waals surface area (Å²) in [6, 6.07) is 0. The highest BCUT2D eigenvalue weighted by molar-refractivity contribution is 5.85. The number of carbonyl (C=O) groups excluding carboxylic acids is 1. The Bertz CT molecular complexity index is 1260. The number of esters is 1. The molecule has 0 aromatic carbocycles. The fourth-order valence-electron chi connectivity index (χ4n) is 11.2. The molecule has 8 N–H and O–H groups in total. The molecule has 7 rings (SSSR count). The van der Waals surface area contributed by atoms with Crippen molar-refractivity contribution in [2.75, 3.05) is 19.8 Å². The van der Waals surface area contributed by atoms with Crippen molar-refractivity contribution in [2.45, 2.75) is 145 Å². The van der Waals surface area contributed by atoms with Gasteiger partial charge in [-0.3, -0.25) is 0 Å². The summed E-state index contributed by atoms with van der Waals surface area (Å²) in [5, 5.41) is 84.5. The molecule has 4 aliphatic carbocycles. The first-order valence-corrected chi connectivity index (χ1v) is 18.1. The van der Waals surface area contributed by atoms with Crippen LogP contribution in [0.4, 0.5) is 0 Å². The van der Waals surface area contributed by atoms with Crippen LogP contribution in [-0.4, -0.2) is 140 Å². The van der Waals surface area contributed by atoms with Gasteiger partial charge in [0.1, 0.15) is 55.4 Å². The van der Waals surface area contributed by atoms with Gasteiger partial charge in [-0.1, -0.05) is 13.8 Å². The van der Waals surface area contributed by atoms with E-state index in [0.717, 1.165) is 56.9 Å². The SMILES string of the molecule is C[C@]12CC[C@@H](O[C@H]3O[C@@H](CO[C@@H]4O[C@H](CO)[C@H](O)[C@@H](O)[C@@H]4O)[C@H](O)[C@@H](O)[C@@H]3O)C[C@@H]1CC[C@H]1[C@@H]2CC[C@@]2(C)[C@@H](C3=CC(=O)OC3)CC[C@]12O. The molecule has 14 nitrogen and oxygen atoms in total. The molecule has 0 bridgehead atoms. The highest BCUT2D eigenvalue weighted by atomic mass is 16.7. The molecule has 278 valence electrons. The fraction of sp³-hybridized carbons (Fsp3) is 0.914. The van der Waals surface area contributed by atoms with Crippen LogP contribution in [0, 0.1) is 34.5 Å². The van der Waals surface area contributed by atoms with Crippen LogP contribution in [0.5, 0.6) is 0 Å². The third-order valence-electron chi connectivity index (χ3n) is 14.2. The number of carbonyl (C=O) groups is 1. The van der Waals surface area contributed by atoms with Crippen LogP contribution in [0.1, 0.15) is 71.6 Å². The number of rotatable bonds is 7. The van der Waals surface area contributed by atoms with Gasteiger partial charge in [-0.2, -0.15) is 0 Å². The second-order valence-corrected chi connectivity index (χ2v) is 16.4. The molecule has 14 heteroatoms. The Kier molecular flexibility index (Phi) is 9.80.